The summed E-state index contributed by atoms with van der Waals surface area (Å²) in [6.45, 7) is 0. The number of nitrogens with zero attached hydrogens (tertiary/aromatic N) is 4. The third kappa shape index (κ3) is 2.74. The number of aromatic nitrogens is 2. The number of methoxy groups -OCH3 is 2. The SMILES string of the molecule is COc1ccc(N2C(=N)C(N)N(c3ccc(OC)cc3)c3nonc32)cc1. The first-order valence-electron chi connectivity index (χ1n) is 8.18. The highest BCUT2D eigenvalue weighted by molar-refractivity contribution is 6.11. The zero-order chi connectivity index (χ0) is 19.0. The van der Waals surface area contributed by atoms with Crippen LogP contribution in [0.5, 0.6) is 11.5 Å². The van der Waals surface area contributed by atoms with Crippen LogP contribution < -0.4 is 25.0 Å². The number of nitrogens with two attached hydrogens (primary N) is 1. The van der Waals surface area contributed by atoms with Gasteiger partial charge in [-0.25, -0.2) is 4.63 Å². The summed E-state index contributed by atoms with van der Waals surface area (Å²) in [6.07, 6.45) is -0.778. The minimum atomic E-state index is -0.778. The van der Waals surface area contributed by atoms with Gasteiger partial charge in [0.15, 0.2) is 0 Å². The van der Waals surface area contributed by atoms with Crippen LogP contribution in [-0.4, -0.2) is 36.5 Å². The van der Waals surface area contributed by atoms with Crippen LogP contribution in [0.1, 0.15) is 0 Å². The first-order chi connectivity index (χ1) is 13.1. The normalized spacial score (nSPS) is 16.3. The van der Waals surface area contributed by atoms with Gasteiger partial charge >= 0.3 is 0 Å². The van der Waals surface area contributed by atoms with E-state index in [1.807, 2.05) is 36.4 Å². The Labute approximate surface area is 155 Å². The fraction of sp³-hybridized carbons (Fsp3) is 0.167. The van der Waals surface area contributed by atoms with Gasteiger partial charge in [0.2, 0.25) is 11.6 Å². The smallest absolute Gasteiger partial charge is 0.228 e. The molecule has 0 radical (unpaired) electrons. The number of anilines is 4. The minimum absolute atomic E-state index is 0.138. The van der Waals surface area contributed by atoms with Crippen molar-refractivity contribution in [2.75, 3.05) is 24.0 Å². The number of benzene rings is 2. The van der Waals surface area contributed by atoms with Crippen molar-refractivity contribution in [1.82, 2.24) is 10.3 Å². The molecule has 3 N–H and O–H groups in total. The van der Waals surface area contributed by atoms with E-state index in [1.165, 1.54) is 0 Å². The van der Waals surface area contributed by atoms with E-state index < -0.39 is 6.17 Å². The monoisotopic (exact) mass is 366 g/mol. The molecule has 0 saturated carbocycles. The van der Waals surface area contributed by atoms with E-state index in [9.17, 15) is 0 Å². The molecule has 0 fully saturated rings. The van der Waals surface area contributed by atoms with E-state index in [-0.39, 0.29) is 5.84 Å². The van der Waals surface area contributed by atoms with Gasteiger partial charge in [0.05, 0.1) is 14.2 Å². The Hall–Kier alpha value is -3.59. The van der Waals surface area contributed by atoms with Crippen molar-refractivity contribution in [1.29, 1.82) is 5.41 Å². The molecule has 3 aromatic rings. The summed E-state index contributed by atoms with van der Waals surface area (Å²) in [5, 5.41) is 16.6. The van der Waals surface area contributed by atoms with Crippen molar-refractivity contribution in [2.45, 2.75) is 6.17 Å². The van der Waals surface area contributed by atoms with Crippen LogP contribution in [0.15, 0.2) is 53.2 Å². The quantitative estimate of drug-likeness (QED) is 0.724. The lowest BCUT2D eigenvalue weighted by molar-refractivity contribution is 0.309. The predicted molar refractivity (Wildman–Crippen MR) is 100 cm³/mol. The highest BCUT2D eigenvalue weighted by Crippen LogP contribution is 2.41. The van der Waals surface area contributed by atoms with E-state index in [2.05, 4.69) is 10.3 Å². The van der Waals surface area contributed by atoms with E-state index >= 15 is 0 Å². The number of hydrogen-bond donors (Lipinski definition) is 2. The Kier molecular flexibility index (Phi) is 4.13. The van der Waals surface area contributed by atoms with Crippen LogP contribution >= 0.6 is 0 Å². The Morgan fingerprint density at radius 3 is 1.96 bits per heavy atom. The molecule has 2 heterocycles. The molecule has 1 unspecified atom stereocenters. The van der Waals surface area contributed by atoms with Crippen molar-refractivity contribution < 1.29 is 14.1 Å². The third-order valence-electron chi connectivity index (χ3n) is 4.38. The van der Waals surface area contributed by atoms with E-state index in [4.69, 9.17) is 25.2 Å². The molecular weight excluding hydrogens is 348 g/mol. The zero-order valence-electron chi connectivity index (χ0n) is 14.8. The lowest BCUT2D eigenvalue weighted by Crippen LogP contribution is -2.54. The van der Waals surface area contributed by atoms with Gasteiger partial charge in [-0.05, 0) is 58.8 Å². The van der Waals surface area contributed by atoms with Gasteiger partial charge in [0.25, 0.3) is 0 Å². The second-order valence-corrected chi connectivity index (χ2v) is 5.84. The van der Waals surface area contributed by atoms with Crippen LogP contribution in [0.25, 0.3) is 0 Å². The Morgan fingerprint density at radius 2 is 1.41 bits per heavy atom. The maximum absolute atomic E-state index is 8.61. The maximum atomic E-state index is 8.61. The average molecular weight is 366 g/mol. The van der Waals surface area contributed by atoms with Crippen molar-refractivity contribution in [2.24, 2.45) is 5.73 Å². The molecule has 0 spiro atoms. The second-order valence-electron chi connectivity index (χ2n) is 5.84. The molecule has 1 aliphatic rings. The van der Waals surface area contributed by atoms with Gasteiger partial charge in [-0.1, -0.05) is 0 Å². The molecule has 4 rings (SSSR count). The molecule has 138 valence electrons. The van der Waals surface area contributed by atoms with Gasteiger partial charge in [-0.3, -0.25) is 15.2 Å². The minimum Gasteiger partial charge on any atom is -0.497 e. The first kappa shape index (κ1) is 16.9. The Morgan fingerprint density at radius 1 is 0.889 bits per heavy atom. The largest absolute Gasteiger partial charge is 0.497 e. The Balaban J connectivity index is 1.77. The van der Waals surface area contributed by atoms with Crippen LogP contribution in [0, 0.1) is 5.41 Å². The van der Waals surface area contributed by atoms with Gasteiger partial charge < -0.3 is 15.2 Å². The fourth-order valence-electron chi connectivity index (χ4n) is 2.99. The molecule has 0 amide bonds. The number of fused-ring (bicyclic) bond motifs is 1. The van der Waals surface area contributed by atoms with Crippen molar-refractivity contribution in [3.8, 4) is 11.5 Å². The standard InChI is InChI=1S/C18H18N6O3/c1-25-13-7-3-11(4-8-13)23-15(19)16(20)24(18-17(23)21-27-22-18)12-5-9-14(26-2)10-6-12/h3-10,15,20H,19H2,1-2H3. The molecule has 1 aromatic heterocycles. The first-order valence-corrected chi connectivity index (χ1v) is 8.18. The highest BCUT2D eigenvalue weighted by atomic mass is 16.6. The van der Waals surface area contributed by atoms with Crippen molar-refractivity contribution >= 4 is 28.8 Å². The molecule has 1 atom stereocenters. The molecule has 2 aromatic carbocycles. The second kappa shape index (κ2) is 6.61. The number of ether oxygens (including phenoxy) is 2. The molecule has 9 heteroatoms. The van der Waals surface area contributed by atoms with Gasteiger partial charge in [0, 0.05) is 11.4 Å². The Bertz CT molecular complexity index is 954. The number of hydrogen-bond acceptors (Lipinski definition) is 8. The predicted octanol–water partition coefficient (Wildman–Crippen LogP) is 2.64. The van der Waals surface area contributed by atoms with Crippen LogP contribution in [-0.2, 0) is 0 Å². The zero-order valence-corrected chi connectivity index (χ0v) is 14.8. The average Bonchev–Trinajstić information content (AvgIpc) is 3.18. The highest BCUT2D eigenvalue weighted by Gasteiger charge is 2.39. The van der Waals surface area contributed by atoms with Gasteiger partial charge in [-0.2, -0.15) is 0 Å². The van der Waals surface area contributed by atoms with Crippen molar-refractivity contribution in [3.05, 3.63) is 48.5 Å². The summed E-state index contributed by atoms with van der Waals surface area (Å²) in [5.41, 5.74) is 7.84. The molecule has 27 heavy (non-hydrogen) atoms. The molecule has 0 saturated heterocycles. The molecule has 0 bridgehead atoms. The van der Waals surface area contributed by atoms with Crippen LogP contribution in [0.2, 0.25) is 0 Å². The molecule has 1 aliphatic heterocycles. The lowest BCUT2D eigenvalue weighted by Gasteiger charge is -2.38. The number of rotatable bonds is 4. The maximum Gasteiger partial charge on any atom is 0.228 e. The summed E-state index contributed by atoms with van der Waals surface area (Å²) >= 11 is 0. The number of amidine groups is 1. The molecule has 0 aliphatic carbocycles. The van der Waals surface area contributed by atoms with E-state index in [0.29, 0.717) is 23.1 Å². The summed E-state index contributed by atoms with van der Waals surface area (Å²) < 4.78 is 15.4. The van der Waals surface area contributed by atoms with E-state index in [0.717, 1.165) is 11.4 Å². The number of nitrogens with one attached hydrogen (secondary N) is 1. The van der Waals surface area contributed by atoms with Gasteiger partial charge in [-0.15, -0.1) is 0 Å². The lowest BCUT2D eigenvalue weighted by atomic mass is 10.1. The van der Waals surface area contributed by atoms with Crippen molar-refractivity contribution in [3.63, 3.8) is 0 Å². The summed E-state index contributed by atoms with van der Waals surface area (Å²) in [5.74, 6) is 2.39. The van der Waals surface area contributed by atoms with Crippen LogP contribution in [0.4, 0.5) is 23.0 Å². The van der Waals surface area contributed by atoms with E-state index in [1.54, 1.807) is 36.2 Å². The molecule has 9 nitrogen and oxygen atoms in total. The third-order valence-corrected chi connectivity index (χ3v) is 4.38. The summed E-state index contributed by atoms with van der Waals surface area (Å²) in [4.78, 5) is 3.31. The topological polar surface area (TPSA) is 114 Å². The summed E-state index contributed by atoms with van der Waals surface area (Å²) in [6, 6.07) is 14.6. The summed E-state index contributed by atoms with van der Waals surface area (Å²) in [7, 11) is 3.20. The molecular formula is C18H18N6O3. The fourth-order valence-corrected chi connectivity index (χ4v) is 2.99. The van der Waals surface area contributed by atoms with Gasteiger partial charge in [0.1, 0.15) is 23.5 Å². The van der Waals surface area contributed by atoms with Crippen LogP contribution in [0.3, 0.4) is 0 Å².